The molecule has 5 nitrogen and oxygen atoms in total. The molecule has 0 aliphatic carbocycles. The molecule has 3 rings (SSSR count). The molecular weight excluding hydrogens is 306 g/mol. The molecule has 1 aromatic heterocycles. The van der Waals surface area contributed by atoms with Crippen molar-refractivity contribution >= 4 is 33.0 Å². The third-order valence-electron chi connectivity index (χ3n) is 3.86. The second-order valence-electron chi connectivity index (χ2n) is 5.11. The number of thiazole rings is 1. The minimum absolute atomic E-state index is 0.0326. The second-order valence-corrected chi connectivity index (χ2v) is 8.66. The van der Waals surface area contributed by atoms with Gasteiger partial charge in [-0.05, 0) is 38.8 Å². The molecule has 2 fully saturated rings. The summed E-state index contributed by atoms with van der Waals surface area (Å²) in [5, 5.41) is 0. The summed E-state index contributed by atoms with van der Waals surface area (Å²) >= 11 is 6.69. The Morgan fingerprint density at radius 3 is 3.00 bits per heavy atom. The monoisotopic (exact) mass is 321 g/mol. The minimum Gasteiger partial charge on any atom is -0.300 e. The number of fused-ring (bicyclic) bond motifs is 1. The van der Waals surface area contributed by atoms with Gasteiger partial charge in [-0.15, -0.1) is 0 Å². The number of halogens is 1. The van der Waals surface area contributed by atoms with Gasteiger partial charge in [-0.2, -0.15) is 0 Å². The maximum Gasteiger partial charge on any atom is 0.251 e. The van der Waals surface area contributed by atoms with Gasteiger partial charge < -0.3 is 4.90 Å². The first-order valence-corrected chi connectivity index (χ1v) is 9.10. The molecule has 106 valence electrons. The smallest absolute Gasteiger partial charge is 0.251 e. The number of hydrogen-bond donors (Lipinski definition) is 1. The van der Waals surface area contributed by atoms with Crippen LogP contribution in [0.1, 0.15) is 25.7 Å². The molecule has 19 heavy (non-hydrogen) atoms. The zero-order valence-corrected chi connectivity index (χ0v) is 12.8. The standard InChI is InChI=1S/C11H16ClN3O2S2/c12-11-13-7-10(18-11)19(16,17)14-8-3-5-15-4-1-2-9(15)6-8/h7-9,14H,1-6H2. The average Bonchev–Trinajstić information content (AvgIpc) is 2.96. The third kappa shape index (κ3) is 2.95. The molecule has 0 aromatic carbocycles. The van der Waals surface area contributed by atoms with Crippen molar-refractivity contribution in [2.75, 3.05) is 13.1 Å². The van der Waals surface area contributed by atoms with Crippen LogP contribution in [0.5, 0.6) is 0 Å². The maximum atomic E-state index is 12.2. The van der Waals surface area contributed by atoms with E-state index >= 15 is 0 Å². The van der Waals surface area contributed by atoms with Crippen molar-refractivity contribution in [1.82, 2.24) is 14.6 Å². The van der Waals surface area contributed by atoms with Gasteiger partial charge in [0.25, 0.3) is 10.0 Å². The summed E-state index contributed by atoms with van der Waals surface area (Å²) in [5.74, 6) is 0. The van der Waals surface area contributed by atoms with Gasteiger partial charge in [-0.1, -0.05) is 22.9 Å². The van der Waals surface area contributed by atoms with E-state index in [0.717, 1.165) is 37.3 Å². The molecule has 0 radical (unpaired) electrons. The van der Waals surface area contributed by atoms with Crippen molar-refractivity contribution in [3.8, 4) is 0 Å². The highest BCUT2D eigenvalue weighted by Gasteiger charge is 2.33. The van der Waals surface area contributed by atoms with E-state index in [9.17, 15) is 8.42 Å². The molecule has 8 heteroatoms. The maximum absolute atomic E-state index is 12.2. The van der Waals surface area contributed by atoms with E-state index < -0.39 is 10.0 Å². The lowest BCUT2D eigenvalue weighted by atomic mass is 9.99. The molecule has 3 heterocycles. The van der Waals surface area contributed by atoms with Gasteiger partial charge in [0.1, 0.15) is 0 Å². The fraction of sp³-hybridized carbons (Fsp3) is 0.727. The molecule has 1 aromatic rings. The largest absolute Gasteiger partial charge is 0.300 e. The van der Waals surface area contributed by atoms with E-state index in [1.54, 1.807) is 0 Å². The average molecular weight is 322 g/mol. The lowest BCUT2D eigenvalue weighted by Gasteiger charge is -2.34. The van der Waals surface area contributed by atoms with Crippen LogP contribution >= 0.6 is 22.9 Å². The van der Waals surface area contributed by atoms with Crippen LogP contribution in [0.25, 0.3) is 0 Å². The van der Waals surface area contributed by atoms with Gasteiger partial charge in [-0.3, -0.25) is 0 Å². The molecule has 2 aliphatic rings. The van der Waals surface area contributed by atoms with Gasteiger partial charge >= 0.3 is 0 Å². The van der Waals surface area contributed by atoms with Gasteiger partial charge in [0.2, 0.25) is 0 Å². The Kier molecular flexibility index (Phi) is 3.83. The van der Waals surface area contributed by atoms with Crippen molar-refractivity contribution in [3.63, 3.8) is 0 Å². The fourth-order valence-corrected chi connectivity index (χ4v) is 5.57. The van der Waals surface area contributed by atoms with E-state index in [1.807, 2.05) is 0 Å². The normalized spacial score (nSPS) is 28.5. The van der Waals surface area contributed by atoms with Crippen LogP contribution in [-0.2, 0) is 10.0 Å². The highest BCUT2D eigenvalue weighted by atomic mass is 35.5. The van der Waals surface area contributed by atoms with Crippen molar-refractivity contribution in [1.29, 1.82) is 0 Å². The van der Waals surface area contributed by atoms with Gasteiger partial charge in [0.15, 0.2) is 8.68 Å². The van der Waals surface area contributed by atoms with Crippen LogP contribution in [0.15, 0.2) is 10.4 Å². The summed E-state index contributed by atoms with van der Waals surface area (Å²) in [7, 11) is -3.46. The molecule has 2 saturated heterocycles. The number of aromatic nitrogens is 1. The fourth-order valence-electron chi connectivity index (χ4n) is 2.97. The van der Waals surface area contributed by atoms with Crippen molar-refractivity contribution < 1.29 is 8.42 Å². The summed E-state index contributed by atoms with van der Waals surface area (Å²) in [5.41, 5.74) is 0. The first-order chi connectivity index (χ1) is 9.04. The summed E-state index contributed by atoms with van der Waals surface area (Å²) in [6, 6.07) is 0.580. The Bertz CT molecular complexity index is 560. The van der Waals surface area contributed by atoms with Crippen molar-refractivity contribution in [2.24, 2.45) is 0 Å². The Hall–Kier alpha value is -0.210. The molecular formula is C11H16ClN3O2S2. The van der Waals surface area contributed by atoms with Crippen molar-refractivity contribution in [3.05, 3.63) is 10.7 Å². The number of piperidine rings is 1. The van der Waals surface area contributed by atoms with Gasteiger partial charge in [0.05, 0.1) is 6.20 Å². The molecule has 2 unspecified atom stereocenters. The minimum atomic E-state index is -3.46. The highest BCUT2D eigenvalue weighted by Crippen LogP contribution is 2.28. The van der Waals surface area contributed by atoms with E-state index in [2.05, 4.69) is 14.6 Å². The number of rotatable bonds is 3. The lowest BCUT2D eigenvalue weighted by molar-refractivity contribution is 0.176. The molecule has 1 N–H and O–H groups in total. The number of hydrogen-bond acceptors (Lipinski definition) is 5. The van der Waals surface area contributed by atoms with E-state index in [4.69, 9.17) is 11.6 Å². The van der Waals surface area contributed by atoms with E-state index in [-0.39, 0.29) is 14.7 Å². The van der Waals surface area contributed by atoms with E-state index in [0.29, 0.717) is 6.04 Å². The van der Waals surface area contributed by atoms with Crippen LogP contribution in [-0.4, -0.2) is 43.5 Å². The first kappa shape index (κ1) is 13.8. The number of nitrogens with one attached hydrogen (secondary N) is 1. The van der Waals surface area contributed by atoms with Crippen LogP contribution in [0, 0.1) is 0 Å². The van der Waals surface area contributed by atoms with Gasteiger partial charge in [-0.25, -0.2) is 18.1 Å². The lowest BCUT2D eigenvalue weighted by Crippen LogP contribution is -2.47. The van der Waals surface area contributed by atoms with Crippen LogP contribution in [0.4, 0.5) is 0 Å². The third-order valence-corrected chi connectivity index (χ3v) is 6.96. The molecule has 2 aliphatic heterocycles. The highest BCUT2D eigenvalue weighted by molar-refractivity contribution is 7.91. The second kappa shape index (κ2) is 5.29. The van der Waals surface area contributed by atoms with E-state index in [1.165, 1.54) is 19.0 Å². The molecule has 0 spiro atoms. The summed E-state index contributed by atoms with van der Waals surface area (Å²) in [4.78, 5) is 6.25. The van der Waals surface area contributed by atoms with Crippen molar-refractivity contribution in [2.45, 2.75) is 42.0 Å². The summed E-state index contributed by atoms with van der Waals surface area (Å²) in [6.45, 7) is 2.15. The molecule has 0 amide bonds. The SMILES string of the molecule is O=S(=O)(NC1CCN2CCCC2C1)c1cnc(Cl)s1. The molecule has 2 atom stereocenters. The predicted molar refractivity (Wildman–Crippen MR) is 75.1 cm³/mol. The number of nitrogens with zero attached hydrogens (tertiary/aromatic N) is 2. The summed E-state index contributed by atoms with van der Waals surface area (Å²) < 4.78 is 27.6. The zero-order chi connectivity index (χ0) is 13.5. The molecule has 0 saturated carbocycles. The Labute approximate surface area is 122 Å². The topological polar surface area (TPSA) is 62.3 Å². The molecule has 0 bridgehead atoms. The number of sulfonamides is 1. The van der Waals surface area contributed by atoms with Crippen LogP contribution < -0.4 is 4.72 Å². The Morgan fingerprint density at radius 1 is 1.42 bits per heavy atom. The summed E-state index contributed by atoms with van der Waals surface area (Å²) in [6.07, 6.45) is 5.52. The quantitative estimate of drug-likeness (QED) is 0.920. The zero-order valence-electron chi connectivity index (χ0n) is 10.4. The van der Waals surface area contributed by atoms with Crippen LogP contribution in [0.3, 0.4) is 0 Å². The predicted octanol–water partition coefficient (Wildman–Crippen LogP) is 1.70. The Morgan fingerprint density at radius 2 is 2.26 bits per heavy atom. The van der Waals surface area contributed by atoms with Gasteiger partial charge in [0, 0.05) is 12.1 Å². The first-order valence-electron chi connectivity index (χ1n) is 6.42. The Balaban J connectivity index is 1.68. The van der Waals surface area contributed by atoms with Crippen LogP contribution in [0.2, 0.25) is 4.47 Å².